The van der Waals surface area contributed by atoms with E-state index in [9.17, 15) is 4.79 Å². The van der Waals surface area contributed by atoms with E-state index in [1.54, 1.807) is 12.4 Å². The van der Waals surface area contributed by atoms with E-state index in [0.29, 0.717) is 42.8 Å². The number of nitrogens with zero attached hydrogens (tertiary/aromatic N) is 3. The molecule has 0 radical (unpaired) electrons. The zero-order valence-electron chi connectivity index (χ0n) is 20.0. The van der Waals surface area contributed by atoms with Crippen molar-refractivity contribution in [3.8, 4) is 11.5 Å². The Morgan fingerprint density at radius 1 is 0.889 bits per heavy atom. The summed E-state index contributed by atoms with van der Waals surface area (Å²) in [6.07, 6.45) is 3.44. The lowest BCUT2D eigenvalue weighted by molar-refractivity contribution is 0.0342. The van der Waals surface area contributed by atoms with Gasteiger partial charge < -0.3 is 19.5 Å². The summed E-state index contributed by atoms with van der Waals surface area (Å²) in [5.74, 6) is 1.45. The fourth-order valence-corrected chi connectivity index (χ4v) is 3.99. The van der Waals surface area contributed by atoms with Crippen LogP contribution in [0, 0.1) is 0 Å². The van der Waals surface area contributed by atoms with E-state index in [1.807, 2.05) is 54.6 Å². The van der Waals surface area contributed by atoms with Gasteiger partial charge in [0.25, 0.3) is 5.91 Å². The van der Waals surface area contributed by atoms with Gasteiger partial charge in [0, 0.05) is 49.3 Å². The number of carbonyl (C=O) groups is 1. The molecule has 1 saturated heterocycles. The molecule has 3 heterocycles. The minimum absolute atomic E-state index is 0.244. The molecule has 5 rings (SSSR count). The highest BCUT2D eigenvalue weighted by Gasteiger charge is 2.15. The summed E-state index contributed by atoms with van der Waals surface area (Å²) in [7, 11) is 0. The average Bonchev–Trinajstić information content (AvgIpc) is 2.93. The Labute approximate surface area is 210 Å². The van der Waals surface area contributed by atoms with Gasteiger partial charge in [0.1, 0.15) is 13.2 Å². The molecule has 2 aromatic carbocycles. The maximum Gasteiger partial charge on any atom is 0.257 e. The number of carbonyl (C=O) groups excluding carboxylic acids is 1. The molecule has 1 amide bonds. The number of guanidine groups is 1. The van der Waals surface area contributed by atoms with Crippen LogP contribution in [0.25, 0.3) is 0 Å². The van der Waals surface area contributed by atoms with Crippen LogP contribution in [0.3, 0.4) is 0 Å². The number of pyridine rings is 1. The van der Waals surface area contributed by atoms with Crippen LogP contribution in [-0.4, -0.2) is 61.3 Å². The first-order valence-electron chi connectivity index (χ1n) is 12.0. The van der Waals surface area contributed by atoms with Gasteiger partial charge >= 0.3 is 0 Å². The standard InChI is InChI=1S/C27H29N5O4/c33-26(22-3-1-21(2-4-22)19-32-11-13-34-14-12-32)31-27(29-18-20-7-9-28-10-8-20)30-23-5-6-24-25(17-23)36-16-15-35-24/h1-10,17H,11-16,18-19H2,(H2,29,30,31,33). The number of hydrogen-bond acceptors (Lipinski definition) is 7. The smallest absolute Gasteiger partial charge is 0.257 e. The third kappa shape index (κ3) is 6.38. The van der Waals surface area contributed by atoms with Crippen molar-refractivity contribution in [2.24, 2.45) is 4.99 Å². The molecule has 36 heavy (non-hydrogen) atoms. The lowest BCUT2D eigenvalue weighted by Crippen LogP contribution is -2.36. The van der Waals surface area contributed by atoms with Crippen LogP contribution in [-0.2, 0) is 17.8 Å². The second-order valence-electron chi connectivity index (χ2n) is 8.54. The fraction of sp³-hybridized carbons (Fsp3) is 0.296. The fourth-order valence-electron chi connectivity index (χ4n) is 3.99. The normalized spacial score (nSPS) is 15.8. The van der Waals surface area contributed by atoms with Crippen LogP contribution < -0.4 is 20.1 Å². The maximum absolute atomic E-state index is 13.1. The minimum Gasteiger partial charge on any atom is -0.486 e. The molecule has 0 aliphatic carbocycles. The molecular weight excluding hydrogens is 458 g/mol. The zero-order chi connectivity index (χ0) is 24.6. The number of amides is 1. The lowest BCUT2D eigenvalue weighted by Gasteiger charge is -2.26. The largest absolute Gasteiger partial charge is 0.486 e. The summed E-state index contributed by atoms with van der Waals surface area (Å²) in [5, 5.41) is 6.13. The number of anilines is 1. The van der Waals surface area contributed by atoms with Crippen LogP contribution in [0.2, 0.25) is 0 Å². The highest BCUT2D eigenvalue weighted by Crippen LogP contribution is 2.32. The quantitative estimate of drug-likeness (QED) is 0.407. The predicted molar refractivity (Wildman–Crippen MR) is 136 cm³/mol. The van der Waals surface area contributed by atoms with E-state index in [4.69, 9.17) is 14.2 Å². The monoisotopic (exact) mass is 487 g/mol. The zero-order valence-corrected chi connectivity index (χ0v) is 20.0. The SMILES string of the molecule is O=C(NC(=NCc1ccncc1)Nc1ccc2c(c1)OCCO2)c1ccc(CN2CCOCC2)cc1. The van der Waals surface area contributed by atoms with Gasteiger partial charge in [-0.05, 0) is 47.5 Å². The molecule has 0 bridgehead atoms. The molecule has 0 atom stereocenters. The first kappa shape index (κ1) is 23.8. The van der Waals surface area contributed by atoms with Crippen molar-refractivity contribution in [3.63, 3.8) is 0 Å². The number of aromatic nitrogens is 1. The Balaban J connectivity index is 1.28. The molecule has 186 valence electrons. The van der Waals surface area contributed by atoms with Crippen LogP contribution in [0.4, 0.5) is 5.69 Å². The number of morpholine rings is 1. The van der Waals surface area contributed by atoms with Crippen LogP contribution >= 0.6 is 0 Å². The van der Waals surface area contributed by atoms with E-state index in [1.165, 1.54) is 0 Å². The Kier molecular flexibility index (Phi) is 7.70. The Morgan fingerprint density at radius 2 is 1.64 bits per heavy atom. The molecule has 0 unspecified atom stereocenters. The highest BCUT2D eigenvalue weighted by atomic mass is 16.6. The van der Waals surface area contributed by atoms with Gasteiger partial charge in [0.05, 0.1) is 19.8 Å². The third-order valence-corrected chi connectivity index (χ3v) is 5.93. The van der Waals surface area contributed by atoms with Crippen molar-refractivity contribution >= 4 is 17.6 Å². The van der Waals surface area contributed by atoms with Gasteiger partial charge in [-0.25, -0.2) is 4.99 Å². The molecule has 3 aromatic rings. The molecule has 2 aliphatic heterocycles. The molecule has 9 nitrogen and oxygen atoms in total. The van der Waals surface area contributed by atoms with E-state index in [2.05, 4.69) is 25.5 Å². The summed E-state index contributed by atoms with van der Waals surface area (Å²) < 4.78 is 16.7. The van der Waals surface area contributed by atoms with Gasteiger partial charge in [0.2, 0.25) is 5.96 Å². The van der Waals surface area contributed by atoms with Gasteiger partial charge in [0.15, 0.2) is 11.5 Å². The first-order valence-corrected chi connectivity index (χ1v) is 12.0. The van der Waals surface area contributed by atoms with Gasteiger partial charge in [-0.2, -0.15) is 0 Å². The van der Waals surface area contributed by atoms with E-state index in [-0.39, 0.29) is 5.91 Å². The molecule has 2 aliphatic rings. The number of hydrogen-bond donors (Lipinski definition) is 2. The first-order chi connectivity index (χ1) is 17.7. The molecule has 0 saturated carbocycles. The second kappa shape index (κ2) is 11.7. The van der Waals surface area contributed by atoms with Crippen LogP contribution in [0.1, 0.15) is 21.5 Å². The third-order valence-electron chi connectivity index (χ3n) is 5.93. The summed E-state index contributed by atoms with van der Waals surface area (Å²) in [5.41, 5.74) is 3.43. The van der Waals surface area contributed by atoms with Gasteiger partial charge in [-0.1, -0.05) is 12.1 Å². The number of benzene rings is 2. The minimum atomic E-state index is -0.244. The highest BCUT2D eigenvalue weighted by molar-refractivity contribution is 6.10. The van der Waals surface area contributed by atoms with Gasteiger partial charge in [-0.15, -0.1) is 0 Å². The number of aliphatic imine (C=N–C) groups is 1. The number of ether oxygens (including phenoxy) is 3. The molecular formula is C27H29N5O4. The van der Waals surface area contributed by atoms with Gasteiger partial charge in [-0.3, -0.25) is 20.0 Å². The summed E-state index contributed by atoms with van der Waals surface area (Å²) >= 11 is 0. The van der Waals surface area contributed by atoms with E-state index < -0.39 is 0 Å². The predicted octanol–water partition coefficient (Wildman–Crippen LogP) is 3.08. The Morgan fingerprint density at radius 3 is 2.42 bits per heavy atom. The summed E-state index contributed by atoms with van der Waals surface area (Å²) in [4.78, 5) is 24.1. The van der Waals surface area contributed by atoms with E-state index >= 15 is 0 Å². The second-order valence-corrected chi connectivity index (χ2v) is 8.54. The lowest BCUT2D eigenvalue weighted by atomic mass is 10.1. The molecule has 2 N–H and O–H groups in total. The number of nitrogens with one attached hydrogen (secondary N) is 2. The van der Waals surface area contributed by atoms with E-state index in [0.717, 1.165) is 49.7 Å². The van der Waals surface area contributed by atoms with Crippen molar-refractivity contribution in [3.05, 3.63) is 83.7 Å². The van der Waals surface area contributed by atoms with Crippen molar-refractivity contribution < 1.29 is 19.0 Å². The van der Waals surface area contributed by atoms with Crippen LogP contribution in [0.5, 0.6) is 11.5 Å². The molecule has 1 fully saturated rings. The van der Waals surface area contributed by atoms with Crippen LogP contribution in [0.15, 0.2) is 72.0 Å². The molecule has 0 spiro atoms. The maximum atomic E-state index is 13.1. The van der Waals surface area contributed by atoms with Crippen molar-refractivity contribution in [2.75, 3.05) is 44.8 Å². The molecule has 9 heteroatoms. The average molecular weight is 488 g/mol. The molecule has 1 aromatic heterocycles. The number of fused-ring (bicyclic) bond motifs is 1. The summed E-state index contributed by atoms with van der Waals surface area (Å²) in [6, 6.07) is 17.0. The van der Waals surface area contributed by atoms with Crippen molar-refractivity contribution in [1.29, 1.82) is 0 Å². The van der Waals surface area contributed by atoms with Crippen molar-refractivity contribution in [1.82, 2.24) is 15.2 Å². The van der Waals surface area contributed by atoms with Crippen molar-refractivity contribution in [2.45, 2.75) is 13.1 Å². The summed E-state index contributed by atoms with van der Waals surface area (Å²) in [6.45, 7) is 5.62. The Bertz CT molecular complexity index is 1190. The topological polar surface area (TPSA) is 97.3 Å². The number of rotatable bonds is 6. The Hall–Kier alpha value is -3.95.